The van der Waals surface area contributed by atoms with Gasteiger partial charge in [0.25, 0.3) is 0 Å². The molecule has 45 valence electrons. The maximum absolute atomic E-state index is 0. The molecular weight excluding hydrogens is 257 g/mol. The summed E-state index contributed by atoms with van der Waals surface area (Å²) in [6, 6.07) is 0. The minimum absolute atomic E-state index is 0. The first-order valence-corrected chi connectivity index (χ1v) is 0. The van der Waals surface area contributed by atoms with Crippen LogP contribution in [0.25, 0.3) is 0 Å². The first-order valence-electron chi connectivity index (χ1n) is 0. The predicted molar refractivity (Wildman–Crippen MR) is 20.9 cm³/mol. The van der Waals surface area contributed by atoms with E-state index in [2.05, 4.69) is 0 Å². The van der Waals surface area contributed by atoms with Gasteiger partial charge in [-0.1, -0.05) is 0 Å². The van der Waals surface area contributed by atoms with Crippen LogP contribution in [-0.2, 0) is 22.4 Å². The minimum Gasteiger partial charge on any atom is -0.412 e. The summed E-state index contributed by atoms with van der Waals surface area (Å²) in [6.45, 7) is 0. The van der Waals surface area contributed by atoms with E-state index in [0.717, 1.165) is 0 Å². The van der Waals surface area contributed by atoms with Gasteiger partial charge in [0.1, 0.15) is 0 Å². The average Bonchev–Trinajstić information content (AvgIpc) is 0. The summed E-state index contributed by atoms with van der Waals surface area (Å²) in [5.41, 5.74) is 0. The minimum atomic E-state index is 0. The van der Waals surface area contributed by atoms with Gasteiger partial charge in [0.15, 0.2) is 0 Å². The molecule has 0 bridgehead atoms. The van der Waals surface area contributed by atoms with E-state index in [-0.39, 0.29) is 51.7 Å². The summed E-state index contributed by atoms with van der Waals surface area (Å²) in [7, 11) is 0. The van der Waals surface area contributed by atoms with Crippen molar-refractivity contribution < 1.29 is 44.3 Å². The van der Waals surface area contributed by atoms with Crippen molar-refractivity contribution in [2.75, 3.05) is 0 Å². The molecule has 5 heteroatoms. The molecule has 0 rings (SSSR count). The van der Waals surface area contributed by atoms with Crippen molar-refractivity contribution in [2.45, 2.75) is 0 Å². The topological polar surface area (TPSA) is 126 Å². The Hall–Kier alpha value is 0.580. The Morgan fingerprint density at radius 3 is 0.500 bits per heavy atom. The van der Waals surface area contributed by atoms with Crippen molar-refractivity contribution in [3.05, 3.63) is 7.43 Å². The van der Waals surface area contributed by atoms with Gasteiger partial charge >= 0.3 is 0 Å². The molecule has 0 fully saturated rings. The molecule has 4 nitrogen and oxygen atoms in total. The maximum atomic E-state index is 0. The third-order valence-corrected chi connectivity index (χ3v) is 0. The molecule has 0 aromatic carbocycles. The smallest absolute Gasteiger partial charge is 0 e. The Balaban J connectivity index is 0. The third kappa shape index (κ3) is 174. The van der Waals surface area contributed by atoms with Gasteiger partial charge in [-0.3, -0.25) is 0 Å². The standard InChI is InChI=1S/CH3.4H2O.Ta/h1H3;4*1H2;/q-1;;;;;. The van der Waals surface area contributed by atoms with Gasteiger partial charge in [0, 0.05) is 22.4 Å². The van der Waals surface area contributed by atoms with Crippen LogP contribution in [0.4, 0.5) is 0 Å². The monoisotopic (exact) mass is 268 g/mol. The second-order valence-corrected chi connectivity index (χ2v) is 0. The van der Waals surface area contributed by atoms with Gasteiger partial charge in [-0.15, -0.1) is 0 Å². The fourth-order valence-electron chi connectivity index (χ4n) is 0. The average molecular weight is 268 g/mol. The summed E-state index contributed by atoms with van der Waals surface area (Å²) < 4.78 is 0. The van der Waals surface area contributed by atoms with Gasteiger partial charge in [0.05, 0.1) is 0 Å². The van der Waals surface area contributed by atoms with Gasteiger partial charge in [-0.25, -0.2) is 0 Å². The maximum Gasteiger partial charge on any atom is 0 e. The van der Waals surface area contributed by atoms with E-state index in [1.165, 1.54) is 0 Å². The van der Waals surface area contributed by atoms with E-state index in [0.29, 0.717) is 0 Å². The molecule has 0 saturated carbocycles. The zero-order chi connectivity index (χ0) is 0. The molecule has 0 atom stereocenters. The van der Waals surface area contributed by atoms with Crippen LogP contribution in [0.15, 0.2) is 0 Å². The van der Waals surface area contributed by atoms with Gasteiger partial charge < -0.3 is 29.3 Å². The van der Waals surface area contributed by atoms with E-state index in [1.54, 1.807) is 0 Å². The van der Waals surface area contributed by atoms with Crippen molar-refractivity contribution >= 4 is 0 Å². The van der Waals surface area contributed by atoms with Crippen molar-refractivity contribution in [3.8, 4) is 0 Å². The fourth-order valence-corrected chi connectivity index (χ4v) is 0. The van der Waals surface area contributed by atoms with Gasteiger partial charge in [-0.2, -0.15) is 0 Å². The van der Waals surface area contributed by atoms with Crippen molar-refractivity contribution in [3.63, 3.8) is 0 Å². The number of hydrogen-bond donors (Lipinski definition) is 0. The molecule has 0 aliphatic carbocycles. The summed E-state index contributed by atoms with van der Waals surface area (Å²) in [4.78, 5) is 0. The molecule has 1 radical (unpaired) electrons. The molecule has 0 heterocycles. The molecule has 0 saturated heterocycles. The summed E-state index contributed by atoms with van der Waals surface area (Å²) in [5, 5.41) is 0. The van der Waals surface area contributed by atoms with Crippen LogP contribution in [0, 0.1) is 7.43 Å². The molecule has 6 heavy (non-hydrogen) atoms. The Morgan fingerprint density at radius 2 is 0.500 bits per heavy atom. The summed E-state index contributed by atoms with van der Waals surface area (Å²) in [5.74, 6) is 0. The van der Waals surface area contributed by atoms with E-state index < -0.39 is 0 Å². The number of hydrogen-bond acceptors (Lipinski definition) is 0. The van der Waals surface area contributed by atoms with Crippen LogP contribution in [0.2, 0.25) is 0 Å². The zero-order valence-corrected chi connectivity index (χ0v) is 6.66. The molecular formula is CH11O4Ta-. The van der Waals surface area contributed by atoms with Gasteiger partial charge in [0.2, 0.25) is 0 Å². The molecule has 0 spiro atoms. The normalized spacial score (nSPS) is 0. The molecule has 0 unspecified atom stereocenters. The molecule has 0 aromatic rings. The predicted octanol–water partition coefficient (Wildman–Crippen LogP) is -2.85. The Bertz CT molecular complexity index is 7.51. The fraction of sp³-hybridized carbons (Fsp3) is 0. The SMILES string of the molecule is O.O.O.O.[CH3-].[Ta]. The molecule has 8 N–H and O–H groups in total. The van der Waals surface area contributed by atoms with Crippen molar-refractivity contribution in [1.29, 1.82) is 0 Å². The third-order valence-electron chi connectivity index (χ3n) is 0. The van der Waals surface area contributed by atoms with E-state index >= 15 is 0 Å². The zero-order valence-electron chi connectivity index (χ0n) is 3.45. The van der Waals surface area contributed by atoms with Gasteiger partial charge in [-0.05, 0) is 0 Å². The van der Waals surface area contributed by atoms with Crippen LogP contribution in [0.1, 0.15) is 0 Å². The van der Waals surface area contributed by atoms with E-state index in [4.69, 9.17) is 0 Å². The molecule has 0 amide bonds. The van der Waals surface area contributed by atoms with E-state index in [9.17, 15) is 0 Å². The van der Waals surface area contributed by atoms with Crippen molar-refractivity contribution in [2.24, 2.45) is 0 Å². The number of rotatable bonds is 0. The molecule has 0 aromatic heterocycles. The quantitative estimate of drug-likeness (QED) is 0.419. The Labute approximate surface area is 52.3 Å². The first kappa shape index (κ1) is 609. The first-order chi connectivity index (χ1) is 0. The van der Waals surface area contributed by atoms with E-state index in [1.807, 2.05) is 0 Å². The Morgan fingerprint density at radius 1 is 0.500 bits per heavy atom. The van der Waals surface area contributed by atoms with Crippen LogP contribution in [0.3, 0.4) is 0 Å². The molecule has 0 aliphatic rings. The van der Waals surface area contributed by atoms with Crippen molar-refractivity contribution in [1.82, 2.24) is 0 Å². The van der Waals surface area contributed by atoms with Crippen LogP contribution < -0.4 is 0 Å². The second-order valence-electron chi connectivity index (χ2n) is 0. The Kier molecular flexibility index (Phi) is 35300. The largest absolute Gasteiger partial charge is 0.412 e. The second kappa shape index (κ2) is 348. The van der Waals surface area contributed by atoms with Crippen LogP contribution >= 0.6 is 0 Å². The van der Waals surface area contributed by atoms with Crippen LogP contribution in [-0.4, -0.2) is 21.9 Å². The summed E-state index contributed by atoms with van der Waals surface area (Å²) in [6.07, 6.45) is 0. The van der Waals surface area contributed by atoms with Crippen LogP contribution in [0.5, 0.6) is 0 Å². The molecule has 0 aliphatic heterocycles. The summed E-state index contributed by atoms with van der Waals surface area (Å²) >= 11 is 0.